The maximum Gasteiger partial charge on any atom is 0.163 e. The first-order valence-electron chi connectivity index (χ1n) is 8.72. The van der Waals surface area contributed by atoms with Gasteiger partial charge in [0.15, 0.2) is 5.78 Å². The summed E-state index contributed by atoms with van der Waals surface area (Å²) < 4.78 is 10.9. The van der Waals surface area contributed by atoms with Crippen molar-refractivity contribution in [1.82, 2.24) is 0 Å². The Hall–Kier alpha value is -2.00. The quantitative estimate of drug-likeness (QED) is 0.400. The summed E-state index contributed by atoms with van der Waals surface area (Å²) in [6.07, 6.45) is 4.39. The molecule has 0 saturated heterocycles. The first-order chi connectivity index (χ1) is 12.1. The van der Waals surface area contributed by atoms with Gasteiger partial charge in [0.2, 0.25) is 0 Å². The third-order valence-corrected chi connectivity index (χ3v) is 4.44. The maximum absolute atomic E-state index is 12.4. The molecule has 0 bridgehead atoms. The van der Waals surface area contributed by atoms with E-state index in [1.54, 1.807) is 13.2 Å². The average molecular weight is 361 g/mol. The largest absolute Gasteiger partial charge is 0.497 e. The minimum Gasteiger partial charge on any atom is -0.497 e. The fourth-order valence-electron chi connectivity index (χ4n) is 2.54. The predicted molar refractivity (Wildman–Crippen MR) is 102 cm³/mol. The zero-order valence-electron chi connectivity index (χ0n) is 14.9. The Morgan fingerprint density at radius 2 is 1.76 bits per heavy atom. The molecule has 134 valence electrons. The summed E-state index contributed by atoms with van der Waals surface area (Å²) in [7, 11) is 1.62. The van der Waals surface area contributed by atoms with Crippen molar-refractivity contribution in [2.75, 3.05) is 13.7 Å². The highest BCUT2D eigenvalue weighted by Gasteiger charge is 2.09. The molecule has 2 rings (SSSR count). The van der Waals surface area contributed by atoms with Crippen LogP contribution in [0.4, 0.5) is 0 Å². The molecule has 0 amide bonds. The normalized spacial score (nSPS) is 10.5. The Kier molecular flexibility index (Phi) is 7.80. The highest BCUT2D eigenvalue weighted by molar-refractivity contribution is 6.31. The third-order valence-electron chi connectivity index (χ3n) is 4.07. The molecule has 0 saturated carbocycles. The fourth-order valence-corrected chi connectivity index (χ4v) is 2.75. The van der Waals surface area contributed by atoms with Crippen molar-refractivity contribution >= 4 is 17.4 Å². The molecule has 2 aromatic carbocycles. The number of carbonyl (C=O) groups is 1. The van der Waals surface area contributed by atoms with Crippen LogP contribution < -0.4 is 9.47 Å². The lowest BCUT2D eigenvalue weighted by Crippen LogP contribution is -2.02. The van der Waals surface area contributed by atoms with Gasteiger partial charge in [-0.15, -0.1) is 0 Å². The van der Waals surface area contributed by atoms with Crippen molar-refractivity contribution in [1.29, 1.82) is 0 Å². The Labute approximate surface area is 154 Å². The molecule has 0 aliphatic rings. The second kappa shape index (κ2) is 10.1. The number of hydrogen-bond donors (Lipinski definition) is 0. The van der Waals surface area contributed by atoms with Crippen molar-refractivity contribution in [2.24, 2.45) is 0 Å². The molecule has 3 nitrogen and oxygen atoms in total. The van der Waals surface area contributed by atoms with Crippen molar-refractivity contribution in [3.63, 3.8) is 0 Å². The molecular formula is C21H25ClO3. The van der Waals surface area contributed by atoms with Crippen LogP contribution in [-0.2, 0) is 6.42 Å². The Morgan fingerprint density at radius 1 is 1.04 bits per heavy atom. The van der Waals surface area contributed by atoms with E-state index in [1.807, 2.05) is 36.4 Å². The highest BCUT2D eigenvalue weighted by atomic mass is 35.5. The lowest BCUT2D eigenvalue weighted by molar-refractivity contribution is 0.0983. The van der Waals surface area contributed by atoms with Gasteiger partial charge in [0.05, 0.1) is 13.7 Å². The van der Waals surface area contributed by atoms with Gasteiger partial charge in [-0.25, -0.2) is 0 Å². The molecule has 25 heavy (non-hydrogen) atoms. The zero-order chi connectivity index (χ0) is 18.1. The van der Waals surface area contributed by atoms with Crippen LogP contribution in [0.2, 0.25) is 5.02 Å². The average Bonchev–Trinajstić information content (AvgIpc) is 2.65. The minimum absolute atomic E-state index is 0.0939. The molecule has 0 aromatic heterocycles. The van der Waals surface area contributed by atoms with Gasteiger partial charge in [-0.05, 0) is 60.9 Å². The molecule has 2 aromatic rings. The lowest BCUT2D eigenvalue weighted by atomic mass is 10.0. The van der Waals surface area contributed by atoms with Gasteiger partial charge in [-0.1, -0.05) is 31.4 Å². The van der Waals surface area contributed by atoms with Gasteiger partial charge in [0, 0.05) is 17.0 Å². The summed E-state index contributed by atoms with van der Waals surface area (Å²) in [5.74, 6) is 1.65. The number of Topliss-reactive ketones (excluding diaryl/α,β-unsaturated/α-hetero) is 1. The van der Waals surface area contributed by atoms with E-state index in [0.717, 1.165) is 30.1 Å². The molecule has 0 atom stereocenters. The van der Waals surface area contributed by atoms with Crippen LogP contribution in [0.5, 0.6) is 11.5 Å². The highest BCUT2D eigenvalue weighted by Crippen LogP contribution is 2.24. The van der Waals surface area contributed by atoms with Crippen molar-refractivity contribution < 1.29 is 14.3 Å². The predicted octanol–water partition coefficient (Wildman–Crippen LogP) is 5.73. The second-order valence-corrected chi connectivity index (χ2v) is 6.37. The second-order valence-electron chi connectivity index (χ2n) is 5.96. The van der Waals surface area contributed by atoms with E-state index < -0.39 is 0 Å². The number of halogens is 1. The van der Waals surface area contributed by atoms with Crippen LogP contribution in [0, 0.1) is 0 Å². The first-order valence-corrected chi connectivity index (χ1v) is 9.10. The van der Waals surface area contributed by atoms with Gasteiger partial charge in [-0.2, -0.15) is 0 Å². The molecular weight excluding hydrogens is 336 g/mol. The Bertz CT molecular complexity index is 680. The topological polar surface area (TPSA) is 35.5 Å². The fraction of sp³-hybridized carbons (Fsp3) is 0.381. The molecule has 0 radical (unpaired) electrons. The van der Waals surface area contributed by atoms with Crippen molar-refractivity contribution in [3.8, 4) is 11.5 Å². The number of methoxy groups -OCH3 is 1. The maximum atomic E-state index is 12.4. The molecule has 0 spiro atoms. The summed E-state index contributed by atoms with van der Waals surface area (Å²) >= 11 is 6.19. The van der Waals surface area contributed by atoms with E-state index in [0.29, 0.717) is 23.4 Å². The molecule has 0 heterocycles. The lowest BCUT2D eigenvalue weighted by Gasteiger charge is -2.08. The Morgan fingerprint density at radius 3 is 2.44 bits per heavy atom. The van der Waals surface area contributed by atoms with Crippen LogP contribution in [0.3, 0.4) is 0 Å². The van der Waals surface area contributed by atoms with Crippen LogP contribution in [-0.4, -0.2) is 19.5 Å². The molecule has 0 unspecified atom stereocenters. The molecule has 0 N–H and O–H groups in total. The smallest absolute Gasteiger partial charge is 0.163 e. The van der Waals surface area contributed by atoms with Gasteiger partial charge in [-0.3, -0.25) is 4.79 Å². The van der Waals surface area contributed by atoms with E-state index >= 15 is 0 Å². The minimum atomic E-state index is 0.0939. The zero-order valence-corrected chi connectivity index (χ0v) is 15.6. The van der Waals surface area contributed by atoms with Crippen LogP contribution in [0.1, 0.15) is 48.5 Å². The molecule has 0 fully saturated rings. The van der Waals surface area contributed by atoms with Gasteiger partial charge < -0.3 is 9.47 Å². The summed E-state index contributed by atoms with van der Waals surface area (Å²) in [6, 6.07) is 12.9. The van der Waals surface area contributed by atoms with E-state index in [2.05, 4.69) is 6.92 Å². The number of unbranched alkanes of at least 4 members (excludes halogenated alkanes) is 2. The van der Waals surface area contributed by atoms with E-state index in [1.165, 1.54) is 12.8 Å². The van der Waals surface area contributed by atoms with Crippen LogP contribution in [0.25, 0.3) is 0 Å². The number of benzene rings is 2. The van der Waals surface area contributed by atoms with E-state index in [4.69, 9.17) is 21.1 Å². The summed E-state index contributed by atoms with van der Waals surface area (Å²) in [5.41, 5.74) is 1.62. The van der Waals surface area contributed by atoms with Gasteiger partial charge in [0.1, 0.15) is 11.5 Å². The molecule has 4 heteroatoms. The number of carbonyl (C=O) groups excluding carboxylic acids is 1. The number of hydrogen-bond acceptors (Lipinski definition) is 3. The van der Waals surface area contributed by atoms with Gasteiger partial charge in [0.25, 0.3) is 0 Å². The Balaban J connectivity index is 1.88. The molecule has 0 aliphatic heterocycles. The SMILES string of the molecule is CCCCCOc1ccc(C(=O)CCc2cc(OC)ccc2Cl)cc1. The number of rotatable bonds is 10. The summed E-state index contributed by atoms with van der Waals surface area (Å²) in [6.45, 7) is 2.88. The van der Waals surface area contributed by atoms with Crippen molar-refractivity contribution in [2.45, 2.75) is 39.0 Å². The summed E-state index contributed by atoms with van der Waals surface area (Å²) in [4.78, 5) is 12.4. The standard InChI is InChI=1S/C21H25ClO3/c1-3-4-5-14-25-18-9-6-16(7-10-18)21(23)13-8-17-15-19(24-2)11-12-20(17)22/h6-7,9-12,15H,3-5,8,13-14H2,1-2H3. The number of ether oxygens (including phenoxy) is 2. The van der Waals surface area contributed by atoms with E-state index in [9.17, 15) is 4.79 Å². The molecule has 0 aliphatic carbocycles. The third kappa shape index (κ3) is 6.09. The van der Waals surface area contributed by atoms with Crippen molar-refractivity contribution in [3.05, 3.63) is 58.6 Å². The van der Waals surface area contributed by atoms with Crippen LogP contribution >= 0.6 is 11.6 Å². The van der Waals surface area contributed by atoms with Gasteiger partial charge >= 0.3 is 0 Å². The number of aryl methyl sites for hydroxylation is 1. The van der Waals surface area contributed by atoms with Crippen LogP contribution in [0.15, 0.2) is 42.5 Å². The van der Waals surface area contributed by atoms with E-state index in [-0.39, 0.29) is 5.78 Å². The number of ketones is 1. The first kappa shape index (κ1) is 19.3. The summed E-state index contributed by atoms with van der Waals surface area (Å²) in [5, 5.41) is 0.657. The monoisotopic (exact) mass is 360 g/mol.